The maximum absolute atomic E-state index is 10.5. The predicted octanol–water partition coefficient (Wildman–Crippen LogP) is 2.03. The number of ether oxygens (including phenoxy) is 1. The molecular formula is C9H13NO3. The Morgan fingerprint density at radius 2 is 2.15 bits per heavy atom. The van der Waals surface area contributed by atoms with Crippen molar-refractivity contribution in [1.82, 2.24) is 0 Å². The number of furan rings is 1. The van der Waals surface area contributed by atoms with Gasteiger partial charge in [-0.3, -0.25) is 0 Å². The number of primary amides is 1. The Labute approximate surface area is 76.7 Å². The van der Waals surface area contributed by atoms with Crippen LogP contribution in [0.5, 0.6) is 5.95 Å². The molecule has 0 spiro atoms. The molecule has 1 aromatic rings. The SMILES string of the molecule is CC(C)(C)c1ccoc1OC(N)=O. The quantitative estimate of drug-likeness (QED) is 0.724. The molecule has 0 aliphatic heterocycles. The van der Waals surface area contributed by atoms with Crippen LogP contribution in [0.4, 0.5) is 4.79 Å². The van der Waals surface area contributed by atoms with E-state index in [0.29, 0.717) is 0 Å². The Morgan fingerprint density at radius 1 is 1.54 bits per heavy atom. The monoisotopic (exact) mass is 183 g/mol. The first kappa shape index (κ1) is 9.64. The molecule has 1 heterocycles. The second-order valence-corrected chi connectivity index (χ2v) is 3.79. The highest BCUT2D eigenvalue weighted by Gasteiger charge is 2.22. The molecule has 0 saturated carbocycles. The van der Waals surface area contributed by atoms with Gasteiger partial charge in [0.05, 0.1) is 6.26 Å². The fourth-order valence-electron chi connectivity index (χ4n) is 1.02. The van der Waals surface area contributed by atoms with Crippen molar-refractivity contribution in [2.24, 2.45) is 5.73 Å². The second kappa shape index (κ2) is 3.12. The van der Waals surface area contributed by atoms with Gasteiger partial charge in [0.2, 0.25) is 0 Å². The average Bonchev–Trinajstić information content (AvgIpc) is 2.31. The van der Waals surface area contributed by atoms with Gasteiger partial charge in [-0.05, 0) is 11.5 Å². The highest BCUT2D eigenvalue weighted by atomic mass is 16.6. The van der Waals surface area contributed by atoms with Crippen LogP contribution in [0, 0.1) is 0 Å². The predicted molar refractivity (Wildman–Crippen MR) is 47.6 cm³/mol. The van der Waals surface area contributed by atoms with Crippen molar-refractivity contribution in [3.05, 3.63) is 17.9 Å². The van der Waals surface area contributed by atoms with Crippen molar-refractivity contribution in [2.75, 3.05) is 0 Å². The van der Waals surface area contributed by atoms with Crippen LogP contribution in [0.15, 0.2) is 16.7 Å². The van der Waals surface area contributed by atoms with E-state index in [1.807, 2.05) is 20.8 Å². The molecular weight excluding hydrogens is 170 g/mol. The highest BCUT2D eigenvalue weighted by molar-refractivity contribution is 5.67. The molecule has 0 aliphatic rings. The van der Waals surface area contributed by atoms with Crippen molar-refractivity contribution in [3.8, 4) is 5.95 Å². The van der Waals surface area contributed by atoms with Crippen LogP contribution in [-0.2, 0) is 5.41 Å². The molecule has 4 heteroatoms. The Balaban J connectivity index is 2.96. The number of hydrogen-bond donors (Lipinski definition) is 1. The van der Waals surface area contributed by atoms with Crippen molar-refractivity contribution in [3.63, 3.8) is 0 Å². The molecule has 0 aliphatic carbocycles. The van der Waals surface area contributed by atoms with Gasteiger partial charge in [-0.1, -0.05) is 20.8 Å². The van der Waals surface area contributed by atoms with Gasteiger partial charge in [-0.2, -0.15) is 0 Å². The number of amides is 1. The van der Waals surface area contributed by atoms with Gasteiger partial charge in [-0.25, -0.2) is 4.79 Å². The Bertz CT molecular complexity index is 309. The maximum atomic E-state index is 10.5. The third-order valence-corrected chi connectivity index (χ3v) is 1.63. The summed E-state index contributed by atoms with van der Waals surface area (Å²) in [5, 5.41) is 0. The molecule has 0 bridgehead atoms. The fraction of sp³-hybridized carbons (Fsp3) is 0.444. The first-order chi connectivity index (χ1) is 5.91. The highest BCUT2D eigenvalue weighted by Crippen LogP contribution is 2.31. The van der Waals surface area contributed by atoms with Gasteiger partial charge in [0.1, 0.15) is 0 Å². The smallest absolute Gasteiger partial charge is 0.412 e. The summed E-state index contributed by atoms with van der Waals surface area (Å²) in [6.07, 6.45) is 0.610. The molecule has 0 fully saturated rings. The molecule has 72 valence electrons. The molecule has 1 amide bonds. The molecule has 0 saturated heterocycles. The summed E-state index contributed by atoms with van der Waals surface area (Å²) < 4.78 is 9.66. The zero-order valence-corrected chi connectivity index (χ0v) is 7.96. The number of nitrogens with two attached hydrogens (primary N) is 1. The van der Waals surface area contributed by atoms with E-state index >= 15 is 0 Å². The third kappa shape index (κ3) is 2.24. The number of hydrogen-bond acceptors (Lipinski definition) is 3. The molecule has 0 aromatic carbocycles. The maximum Gasteiger partial charge on any atom is 0.412 e. The normalized spacial score (nSPS) is 11.3. The summed E-state index contributed by atoms with van der Waals surface area (Å²) in [6, 6.07) is 1.76. The van der Waals surface area contributed by atoms with E-state index in [9.17, 15) is 4.79 Å². The molecule has 13 heavy (non-hydrogen) atoms. The van der Waals surface area contributed by atoms with E-state index in [0.717, 1.165) is 5.56 Å². The zero-order valence-electron chi connectivity index (χ0n) is 7.96. The lowest BCUT2D eigenvalue weighted by atomic mass is 9.89. The average molecular weight is 183 g/mol. The summed E-state index contributed by atoms with van der Waals surface area (Å²) in [7, 11) is 0. The van der Waals surface area contributed by atoms with Crippen molar-refractivity contribution >= 4 is 6.09 Å². The van der Waals surface area contributed by atoms with Crippen LogP contribution >= 0.6 is 0 Å². The summed E-state index contributed by atoms with van der Waals surface area (Å²) in [5.74, 6) is 0.181. The van der Waals surface area contributed by atoms with Gasteiger partial charge in [0.25, 0.3) is 5.95 Å². The largest absolute Gasteiger partial charge is 0.434 e. The molecule has 0 atom stereocenters. The third-order valence-electron chi connectivity index (χ3n) is 1.63. The number of carbonyl (C=O) groups excluding carboxylic acids is 1. The van der Waals surface area contributed by atoms with Crippen molar-refractivity contribution in [1.29, 1.82) is 0 Å². The first-order valence-electron chi connectivity index (χ1n) is 3.96. The molecule has 0 radical (unpaired) electrons. The fourth-order valence-corrected chi connectivity index (χ4v) is 1.02. The van der Waals surface area contributed by atoms with Crippen LogP contribution in [0.1, 0.15) is 26.3 Å². The lowest BCUT2D eigenvalue weighted by molar-refractivity contribution is 0.196. The van der Waals surface area contributed by atoms with Gasteiger partial charge in [0, 0.05) is 5.56 Å². The Hall–Kier alpha value is -1.45. The van der Waals surface area contributed by atoms with Gasteiger partial charge < -0.3 is 14.9 Å². The van der Waals surface area contributed by atoms with Crippen molar-refractivity contribution < 1.29 is 13.9 Å². The zero-order chi connectivity index (χ0) is 10.1. The number of rotatable bonds is 1. The van der Waals surface area contributed by atoms with Crippen LogP contribution in [0.2, 0.25) is 0 Å². The topological polar surface area (TPSA) is 65.5 Å². The molecule has 2 N–H and O–H groups in total. The van der Waals surface area contributed by atoms with E-state index in [1.165, 1.54) is 6.26 Å². The van der Waals surface area contributed by atoms with Gasteiger partial charge in [-0.15, -0.1) is 0 Å². The van der Waals surface area contributed by atoms with Crippen LogP contribution in [0.25, 0.3) is 0 Å². The van der Waals surface area contributed by atoms with E-state index in [-0.39, 0.29) is 11.4 Å². The van der Waals surface area contributed by atoms with Crippen LogP contribution < -0.4 is 10.5 Å². The lowest BCUT2D eigenvalue weighted by Crippen LogP contribution is -2.19. The standard InChI is InChI=1S/C9H13NO3/c1-9(2,3)6-4-5-12-7(6)13-8(10)11/h4-5H,1-3H3,(H2,10,11). The summed E-state index contributed by atoms with van der Waals surface area (Å²) in [4.78, 5) is 10.5. The van der Waals surface area contributed by atoms with Gasteiger partial charge >= 0.3 is 6.09 Å². The molecule has 0 unspecified atom stereocenters. The molecule has 1 rings (SSSR count). The van der Waals surface area contributed by atoms with Crippen molar-refractivity contribution in [2.45, 2.75) is 26.2 Å². The van der Waals surface area contributed by atoms with E-state index in [4.69, 9.17) is 10.2 Å². The Morgan fingerprint density at radius 3 is 2.62 bits per heavy atom. The van der Waals surface area contributed by atoms with E-state index < -0.39 is 6.09 Å². The van der Waals surface area contributed by atoms with Gasteiger partial charge in [0.15, 0.2) is 0 Å². The van der Waals surface area contributed by atoms with E-state index in [2.05, 4.69) is 4.74 Å². The minimum Gasteiger partial charge on any atom is -0.434 e. The van der Waals surface area contributed by atoms with Crippen LogP contribution in [-0.4, -0.2) is 6.09 Å². The summed E-state index contributed by atoms with van der Waals surface area (Å²) >= 11 is 0. The Kier molecular flexibility index (Phi) is 2.32. The summed E-state index contributed by atoms with van der Waals surface area (Å²) in [5.41, 5.74) is 5.57. The molecule has 4 nitrogen and oxygen atoms in total. The van der Waals surface area contributed by atoms with E-state index in [1.54, 1.807) is 6.07 Å². The number of carbonyl (C=O) groups is 1. The molecule has 1 aromatic heterocycles. The minimum absolute atomic E-state index is 0.127. The minimum atomic E-state index is -0.861. The first-order valence-corrected chi connectivity index (χ1v) is 3.96. The summed E-state index contributed by atoms with van der Waals surface area (Å²) in [6.45, 7) is 5.98. The lowest BCUT2D eigenvalue weighted by Gasteiger charge is -2.16. The second-order valence-electron chi connectivity index (χ2n) is 3.79. The van der Waals surface area contributed by atoms with Crippen LogP contribution in [0.3, 0.4) is 0 Å².